The standard InChI is InChI=1S/C18H23F13O2/c19-13(20,11-9-7-5-3-1-2-4-6-8-10-12(32)33)14(21,22)15(23,24)16(25,26)17(27,28)18(29,30)31/h1-11H2,(H,32,33). The van der Waals surface area contributed by atoms with Crippen LogP contribution >= 0.6 is 0 Å². The van der Waals surface area contributed by atoms with Gasteiger partial charge in [0.2, 0.25) is 0 Å². The Morgan fingerprint density at radius 3 is 1.18 bits per heavy atom. The smallest absolute Gasteiger partial charge is 0.460 e. The van der Waals surface area contributed by atoms with Crippen molar-refractivity contribution in [3.8, 4) is 0 Å². The molecule has 0 spiro atoms. The quantitative estimate of drug-likeness (QED) is 0.166. The van der Waals surface area contributed by atoms with Gasteiger partial charge in [0.05, 0.1) is 0 Å². The highest BCUT2D eigenvalue weighted by molar-refractivity contribution is 5.66. The van der Waals surface area contributed by atoms with Crippen LogP contribution < -0.4 is 0 Å². The summed E-state index contributed by atoms with van der Waals surface area (Å²) in [6, 6.07) is 0. The van der Waals surface area contributed by atoms with E-state index >= 15 is 0 Å². The minimum absolute atomic E-state index is 0.00231. The van der Waals surface area contributed by atoms with E-state index in [0.29, 0.717) is 38.5 Å². The summed E-state index contributed by atoms with van der Waals surface area (Å²) in [5, 5.41) is 8.44. The van der Waals surface area contributed by atoms with Crippen molar-refractivity contribution in [3.05, 3.63) is 0 Å². The summed E-state index contributed by atoms with van der Waals surface area (Å²) in [7, 11) is 0. The summed E-state index contributed by atoms with van der Waals surface area (Å²) >= 11 is 0. The van der Waals surface area contributed by atoms with Crippen LogP contribution in [-0.4, -0.2) is 46.9 Å². The van der Waals surface area contributed by atoms with Gasteiger partial charge in [-0.3, -0.25) is 4.79 Å². The zero-order chi connectivity index (χ0) is 26.4. The van der Waals surface area contributed by atoms with Crippen molar-refractivity contribution < 1.29 is 67.0 Å². The third-order valence-corrected chi connectivity index (χ3v) is 4.88. The van der Waals surface area contributed by atoms with Crippen molar-refractivity contribution in [2.24, 2.45) is 0 Å². The molecule has 0 saturated carbocycles. The highest BCUT2D eigenvalue weighted by Crippen LogP contribution is 2.60. The van der Waals surface area contributed by atoms with E-state index in [1.54, 1.807) is 0 Å². The molecule has 0 aromatic carbocycles. The van der Waals surface area contributed by atoms with Gasteiger partial charge < -0.3 is 5.11 Å². The van der Waals surface area contributed by atoms with Gasteiger partial charge in [0.25, 0.3) is 0 Å². The Bertz CT molecular complexity index is 615. The molecular weight excluding hydrogens is 495 g/mol. The fourth-order valence-electron chi connectivity index (χ4n) is 2.82. The second-order valence-electron chi connectivity index (χ2n) is 7.58. The normalized spacial score (nSPS) is 14.6. The molecule has 0 radical (unpaired) electrons. The Morgan fingerprint density at radius 2 is 0.818 bits per heavy atom. The summed E-state index contributed by atoms with van der Waals surface area (Å²) in [5.41, 5.74) is 0. The summed E-state index contributed by atoms with van der Waals surface area (Å²) in [6.07, 6.45) is -7.20. The minimum atomic E-state index is -7.85. The number of carboxylic acids is 1. The number of carbonyl (C=O) groups is 1. The molecule has 2 nitrogen and oxygen atoms in total. The van der Waals surface area contributed by atoms with Gasteiger partial charge in [-0.25, -0.2) is 0 Å². The van der Waals surface area contributed by atoms with Crippen LogP contribution in [0.15, 0.2) is 0 Å². The summed E-state index contributed by atoms with van der Waals surface area (Å²) in [4.78, 5) is 10.3. The van der Waals surface area contributed by atoms with E-state index in [9.17, 15) is 61.9 Å². The number of alkyl halides is 13. The van der Waals surface area contributed by atoms with E-state index in [1.807, 2.05) is 0 Å². The number of halogens is 13. The molecule has 0 aliphatic carbocycles. The molecule has 0 heterocycles. The number of aliphatic carboxylic acids is 1. The molecule has 0 unspecified atom stereocenters. The first-order valence-electron chi connectivity index (χ1n) is 9.84. The second-order valence-corrected chi connectivity index (χ2v) is 7.58. The molecule has 0 fully saturated rings. The van der Waals surface area contributed by atoms with Crippen LogP contribution in [0.3, 0.4) is 0 Å². The van der Waals surface area contributed by atoms with E-state index in [1.165, 1.54) is 0 Å². The van der Waals surface area contributed by atoms with Crippen LogP contribution in [0.1, 0.15) is 70.6 Å². The number of rotatable bonds is 16. The van der Waals surface area contributed by atoms with Crippen LogP contribution in [0.25, 0.3) is 0 Å². The first-order chi connectivity index (χ1) is 14.7. The van der Waals surface area contributed by atoms with E-state index in [-0.39, 0.29) is 19.3 Å². The van der Waals surface area contributed by atoms with Crippen LogP contribution in [-0.2, 0) is 4.79 Å². The summed E-state index contributed by atoms with van der Waals surface area (Å²) in [5.74, 6) is -37.4. The van der Waals surface area contributed by atoms with Gasteiger partial charge in [0.15, 0.2) is 0 Å². The first-order valence-corrected chi connectivity index (χ1v) is 9.84. The van der Waals surface area contributed by atoms with Crippen molar-refractivity contribution in [2.45, 2.75) is 106 Å². The average Bonchev–Trinajstić information content (AvgIpc) is 2.64. The molecule has 0 amide bonds. The van der Waals surface area contributed by atoms with E-state index < -0.39 is 54.6 Å². The fraction of sp³-hybridized carbons (Fsp3) is 0.944. The second kappa shape index (κ2) is 11.3. The average molecular weight is 518 g/mol. The molecule has 0 saturated heterocycles. The highest BCUT2D eigenvalue weighted by Gasteiger charge is 2.90. The predicted molar refractivity (Wildman–Crippen MR) is 89.2 cm³/mol. The predicted octanol–water partition coefficient (Wildman–Crippen LogP) is 8.10. The van der Waals surface area contributed by atoms with Gasteiger partial charge >= 0.3 is 41.8 Å². The minimum Gasteiger partial charge on any atom is -0.481 e. The summed E-state index contributed by atoms with van der Waals surface area (Å²) < 4.78 is 169. The van der Waals surface area contributed by atoms with Crippen molar-refractivity contribution >= 4 is 5.97 Å². The van der Waals surface area contributed by atoms with Crippen molar-refractivity contribution in [2.75, 3.05) is 0 Å². The van der Waals surface area contributed by atoms with Crippen molar-refractivity contribution in [3.63, 3.8) is 0 Å². The molecule has 0 aliphatic rings. The SMILES string of the molecule is O=C(O)CCCCCCCCCCCC(F)(F)C(F)(F)C(F)(F)C(F)(F)C(F)(F)C(F)(F)F. The zero-order valence-electron chi connectivity index (χ0n) is 17.0. The van der Waals surface area contributed by atoms with E-state index in [4.69, 9.17) is 5.11 Å². The molecule has 0 aliphatic heterocycles. The molecule has 198 valence electrons. The zero-order valence-corrected chi connectivity index (χ0v) is 17.0. The van der Waals surface area contributed by atoms with Crippen molar-refractivity contribution in [1.82, 2.24) is 0 Å². The van der Waals surface area contributed by atoms with Gasteiger partial charge in [-0.05, 0) is 12.8 Å². The Labute approximate surface area is 180 Å². The van der Waals surface area contributed by atoms with Gasteiger partial charge in [-0.1, -0.05) is 44.9 Å². The van der Waals surface area contributed by atoms with Gasteiger partial charge in [0.1, 0.15) is 0 Å². The Hall–Kier alpha value is -1.44. The molecule has 1 N–H and O–H groups in total. The van der Waals surface area contributed by atoms with Gasteiger partial charge in [0, 0.05) is 12.8 Å². The molecule has 33 heavy (non-hydrogen) atoms. The lowest BCUT2D eigenvalue weighted by Gasteiger charge is -2.39. The highest BCUT2D eigenvalue weighted by atomic mass is 19.4. The number of hydrogen-bond donors (Lipinski definition) is 1. The maximum absolute atomic E-state index is 13.6. The monoisotopic (exact) mass is 518 g/mol. The Balaban J connectivity index is 4.77. The first kappa shape index (κ1) is 31.6. The lowest BCUT2D eigenvalue weighted by atomic mass is 9.91. The molecule has 0 aromatic heterocycles. The Kier molecular flexibility index (Phi) is 10.8. The molecule has 0 rings (SSSR count). The van der Waals surface area contributed by atoms with Gasteiger partial charge in [-0.2, -0.15) is 57.1 Å². The number of carboxylic acid groups (broad SMARTS) is 1. The number of hydrogen-bond acceptors (Lipinski definition) is 1. The third-order valence-electron chi connectivity index (χ3n) is 4.88. The van der Waals surface area contributed by atoms with Crippen LogP contribution in [0.4, 0.5) is 57.1 Å². The van der Waals surface area contributed by atoms with E-state index in [0.717, 1.165) is 0 Å². The maximum Gasteiger partial charge on any atom is 0.460 e. The van der Waals surface area contributed by atoms with Gasteiger partial charge in [-0.15, -0.1) is 0 Å². The topological polar surface area (TPSA) is 37.3 Å². The maximum atomic E-state index is 13.6. The van der Waals surface area contributed by atoms with E-state index in [2.05, 4.69) is 0 Å². The molecule has 0 atom stereocenters. The van der Waals surface area contributed by atoms with Crippen molar-refractivity contribution in [1.29, 1.82) is 0 Å². The largest absolute Gasteiger partial charge is 0.481 e. The van der Waals surface area contributed by atoms with Crippen LogP contribution in [0.2, 0.25) is 0 Å². The Morgan fingerprint density at radius 1 is 0.485 bits per heavy atom. The summed E-state index contributed by atoms with van der Waals surface area (Å²) in [6.45, 7) is 0. The van der Waals surface area contributed by atoms with Crippen LogP contribution in [0, 0.1) is 0 Å². The molecular formula is C18H23F13O2. The van der Waals surface area contributed by atoms with Crippen LogP contribution in [0.5, 0.6) is 0 Å². The lowest BCUT2D eigenvalue weighted by molar-refractivity contribution is -0.440. The molecule has 0 bridgehead atoms. The number of unbranched alkanes of at least 4 members (excludes halogenated alkanes) is 8. The molecule has 0 aromatic rings. The molecule has 15 heteroatoms. The lowest BCUT2D eigenvalue weighted by Crippen LogP contribution is -2.70. The third kappa shape index (κ3) is 7.27. The fourth-order valence-corrected chi connectivity index (χ4v) is 2.82.